The second-order valence-corrected chi connectivity index (χ2v) is 5.09. The molecule has 0 spiro atoms. The largest absolute Gasteiger partial charge is 0.503 e. The van der Waals surface area contributed by atoms with E-state index in [1.165, 1.54) is 13.8 Å². The molecule has 1 N–H and O–H groups in total. The van der Waals surface area contributed by atoms with Crippen LogP contribution in [0, 0.1) is 0 Å². The number of hydrogen-bond acceptors (Lipinski definition) is 5. The van der Waals surface area contributed by atoms with E-state index in [1.807, 2.05) is 0 Å². The second kappa shape index (κ2) is 4.65. The minimum absolute atomic E-state index is 0.0440. The number of fused-ring (bicyclic) bond motifs is 1. The van der Waals surface area contributed by atoms with Gasteiger partial charge in [-0.3, -0.25) is 0 Å². The summed E-state index contributed by atoms with van der Waals surface area (Å²) in [6.45, 7) is 5.07. The Kier molecular flexibility index (Phi) is 3.45. The SMILES string of the molecule is CCOc1c(Cl)c(Cl)c(O)c2c1C(=O)OC(C)(C)O2. The van der Waals surface area contributed by atoms with Gasteiger partial charge in [0.25, 0.3) is 0 Å². The number of phenolic OH excluding ortho intramolecular Hbond substituents is 1. The predicted octanol–water partition coefficient (Wildman–Crippen LogP) is 3.38. The Morgan fingerprint density at radius 1 is 1.26 bits per heavy atom. The molecule has 1 heterocycles. The Morgan fingerprint density at radius 3 is 2.47 bits per heavy atom. The summed E-state index contributed by atoms with van der Waals surface area (Å²) >= 11 is 11.9. The summed E-state index contributed by atoms with van der Waals surface area (Å²) in [5, 5.41) is 9.78. The number of halogens is 2. The van der Waals surface area contributed by atoms with E-state index >= 15 is 0 Å². The van der Waals surface area contributed by atoms with Crippen LogP contribution in [0.1, 0.15) is 31.1 Å². The monoisotopic (exact) mass is 306 g/mol. The van der Waals surface area contributed by atoms with E-state index < -0.39 is 17.5 Å². The van der Waals surface area contributed by atoms with E-state index in [9.17, 15) is 9.90 Å². The lowest BCUT2D eigenvalue weighted by molar-refractivity contribution is -0.128. The van der Waals surface area contributed by atoms with Crippen LogP contribution in [-0.4, -0.2) is 23.5 Å². The molecule has 5 nitrogen and oxygen atoms in total. The number of benzene rings is 1. The summed E-state index contributed by atoms with van der Waals surface area (Å²) in [7, 11) is 0. The third-order valence-electron chi connectivity index (χ3n) is 2.45. The zero-order valence-corrected chi connectivity index (χ0v) is 12.1. The fraction of sp³-hybridized carbons (Fsp3) is 0.417. The molecule has 0 saturated carbocycles. The van der Waals surface area contributed by atoms with Gasteiger partial charge in [-0.05, 0) is 6.92 Å². The first kappa shape index (κ1) is 14.1. The Labute approximate surface area is 120 Å². The maximum absolute atomic E-state index is 12.0. The molecule has 0 amide bonds. The number of carbonyl (C=O) groups excluding carboxylic acids is 1. The average molecular weight is 307 g/mol. The predicted molar refractivity (Wildman–Crippen MR) is 69.4 cm³/mol. The number of hydrogen-bond donors (Lipinski definition) is 1. The summed E-state index contributed by atoms with van der Waals surface area (Å²) in [6, 6.07) is 0. The highest BCUT2D eigenvalue weighted by molar-refractivity contribution is 6.44. The minimum Gasteiger partial charge on any atom is -0.503 e. The lowest BCUT2D eigenvalue weighted by Gasteiger charge is -2.33. The maximum Gasteiger partial charge on any atom is 0.349 e. The number of ether oxygens (including phenoxy) is 3. The summed E-state index contributed by atoms with van der Waals surface area (Å²) < 4.78 is 15.8. The van der Waals surface area contributed by atoms with Gasteiger partial charge in [0.05, 0.1) is 6.61 Å². The van der Waals surface area contributed by atoms with Crippen molar-refractivity contribution in [2.75, 3.05) is 6.61 Å². The molecule has 0 aromatic heterocycles. The molecule has 1 aromatic carbocycles. The van der Waals surface area contributed by atoms with Crippen molar-refractivity contribution in [2.45, 2.75) is 26.6 Å². The summed E-state index contributed by atoms with van der Waals surface area (Å²) in [4.78, 5) is 12.0. The molecule has 0 bridgehead atoms. The van der Waals surface area contributed by atoms with Gasteiger partial charge in [-0.2, -0.15) is 0 Å². The molecule has 1 aliphatic rings. The van der Waals surface area contributed by atoms with Crippen LogP contribution in [0.25, 0.3) is 0 Å². The smallest absolute Gasteiger partial charge is 0.349 e. The van der Waals surface area contributed by atoms with Crippen molar-refractivity contribution < 1.29 is 24.1 Å². The number of aromatic hydroxyl groups is 1. The highest BCUT2D eigenvalue weighted by Gasteiger charge is 2.40. The van der Waals surface area contributed by atoms with E-state index in [4.69, 9.17) is 37.4 Å². The first-order chi connectivity index (χ1) is 8.78. The quantitative estimate of drug-likeness (QED) is 0.849. The van der Waals surface area contributed by atoms with Crippen molar-refractivity contribution in [1.29, 1.82) is 0 Å². The number of phenols is 1. The van der Waals surface area contributed by atoms with Crippen molar-refractivity contribution in [2.24, 2.45) is 0 Å². The zero-order chi connectivity index (χ0) is 14.4. The molecule has 104 valence electrons. The molecule has 2 rings (SSSR count). The summed E-state index contributed by atoms with van der Waals surface area (Å²) in [6.07, 6.45) is 0. The highest BCUT2D eigenvalue weighted by Crippen LogP contribution is 2.51. The molecule has 0 aliphatic carbocycles. The summed E-state index contributed by atoms with van der Waals surface area (Å²) in [5.41, 5.74) is -0.0620. The number of carbonyl (C=O) groups is 1. The van der Waals surface area contributed by atoms with Crippen molar-refractivity contribution in [1.82, 2.24) is 0 Å². The first-order valence-corrected chi connectivity index (χ1v) is 6.33. The van der Waals surface area contributed by atoms with E-state index in [2.05, 4.69) is 0 Å². The van der Waals surface area contributed by atoms with Gasteiger partial charge in [-0.15, -0.1) is 0 Å². The standard InChI is InChI=1S/C12H12Cl2O5/c1-4-17-9-5-10(8(15)6(13)7(9)14)18-12(2,3)19-11(5)16/h15H,4H2,1-3H3. The van der Waals surface area contributed by atoms with Crippen LogP contribution in [0.3, 0.4) is 0 Å². The van der Waals surface area contributed by atoms with Crippen LogP contribution in [0.4, 0.5) is 0 Å². The Bertz CT molecular complexity index is 554. The van der Waals surface area contributed by atoms with Gasteiger partial charge in [-0.25, -0.2) is 4.79 Å². The van der Waals surface area contributed by atoms with E-state index in [0.29, 0.717) is 0 Å². The third kappa shape index (κ3) is 2.28. The van der Waals surface area contributed by atoms with Gasteiger partial charge in [0.15, 0.2) is 17.2 Å². The molecule has 1 aromatic rings. The second-order valence-electron chi connectivity index (χ2n) is 4.33. The van der Waals surface area contributed by atoms with Crippen LogP contribution in [0.15, 0.2) is 0 Å². The molecule has 7 heteroatoms. The Balaban J connectivity index is 2.74. The molecule has 0 radical (unpaired) electrons. The maximum atomic E-state index is 12.0. The van der Waals surface area contributed by atoms with Gasteiger partial charge in [-0.1, -0.05) is 23.2 Å². The van der Waals surface area contributed by atoms with Crippen molar-refractivity contribution >= 4 is 29.2 Å². The van der Waals surface area contributed by atoms with Gasteiger partial charge >= 0.3 is 5.97 Å². The number of cyclic esters (lactones) is 1. The molecule has 0 unspecified atom stereocenters. The van der Waals surface area contributed by atoms with Crippen molar-refractivity contribution in [3.63, 3.8) is 0 Å². The lowest BCUT2D eigenvalue weighted by atomic mass is 10.1. The molecule has 0 atom stereocenters. The first-order valence-electron chi connectivity index (χ1n) is 5.57. The van der Waals surface area contributed by atoms with Crippen molar-refractivity contribution in [3.05, 3.63) is 15.6 Å². The lowest BCUT2D eigenvalue weighted by Crippen LogP contribution is -2.39. The summed E-state index contributed by atoms with van der Waals surface area (Å²) in [5.74, 6) is -2.35. The molecule has 19 heavy (non-hydrogen) atoms. The van der Waals surface area contributed by atoms with Gasteiger partial charge in [0.1, 0.15) is 15.6 Å². The normalized spacial score (nSPS) is 16.4. The van der Waals surface area contributed by atoms with E-state index in [1.54, 1.807) is 6.92 Å². The fourth-order valence-electron chi connectivity index (χ4n) is 1.74. The van der Waals surface area contributed by atoms with Crippen molar-refractivity contribution in [3.8, 4) is 17.2 Å². The number of esters is 1. The van der Waals surface area contributed by atoms with Crippen LogP contribution in [-0.2, 0) is 4.74 Å². The zero-order valence-electron chi connectivity index (χ0n) is 10.5. The van der Waals surface area contributed by atoms with Gasteiger partial charge in [0.2, 0.25) is 5.79 Å². The molecular weight excluding hydrogens is 295 g/mol. The molecule has 1 aliphatic heterocycles. The average Bonchev–Trinajstić information content (AvgIpc) is 2.31. The highest BCUT2D eigenvalue weighted by atomic mass is 35.5. The molecule has 0 saturated heterocycles. The minimum atomic E-state index is -1.21. The van der Waals surface area contributed by atoms with E-state index in [0.717, 1.165) is 0 Å². The van der Waals surface area contributed by atoms with Crippen LogP contribution in [0.2, 0.25) is 10.0 Å². The van der Waals surface area contributed by atoms with Crippen LogP contribution in [0.5, 0.6) is 17.2 Å². The van der Waals surface area contributed by atoms with Crippen LogP contribution >= 0.6 is 23.2 Å². The molecular formula is C12H12Cl2O5. The molecule has 0 fully saturated rings. The Hall–Kier alpha value is -1.33. The van der Waals surface area contributed by atoms with Gasteiger partial charge in [0, 0.05) is 13.8 Å². The third-order valence-corrected chi connectivity index (χ3v) is 3.27. The van der Waals surface area contributed by atoms with Crippen LogP contribution < -0.4 is 9.47 Å². The van der Waals surface area contributed by atoms with Gasteiger partial charge < -0.3 is 19.3 Å². The Morgan fingerprint density at radius 2 is 1.89 bits per heavy atom. The number of rotatable bonds is 2. The van der Waals surface area contributed by atoms with E-state index in [-0.39, 0.29) is 33.7 Å². The fourth-order valence-corrected chi connectivity index (χ4v) is 2.15. The topological polar surface area (TPSA) is 65.0 Å².